The molecule has 2 amide bonds. The molecule has 4 atom stereocenters. The second-order valence-electron chi connectivity index (χ2n) is 8.22. The lowest BCUT2D eigenvalue weighted by Gasteiger charge is -2.18. The molecule has 1 saturated heterocycles. The van der Waals surface area contributed by atoms with Crippen molar-refractivity contribution in [3.8, 4) is 0 Å². The summed E-state index contributed by atoms with van der Waals surface area (Å²) < 4.78 is 7.28. The number of nitrogens with zero attached hydrogens (tertiary/aromatic N) is 2. The number of ether oxygens (including phenoxy) is 1. The molecule has 2 fully saturated rings. The van der Waals surface area contributed by atoms with Crippen LogP contribution in [-0.4, -0.2) is 46.6 Å². The van der Waals surface area contributed by atoms with Crippen LogP contribution in [0.15, 0.2) is 24.4 Å². The minimum absolute atomic E-state index is 0.0120. The third-order valence-electron chi connectivity index (χ3n) is 6.03. The van der Waals surface area contributed by atoms with Gasteiger partial charge in [-0.1, -0.05) is 6.07 Å². The van der Waals surface area contributed by atoms with Gasteiger partial charge >= 0.3 is 6.09 Å². The van der Waals surface area contributed by atoms with Crippen molar-refractivity contribution in [3.05, 3.63) is 30.0 Å². The Morgan fingerprint density at radius 2 is 2.13 bits per heavy atom. The Balaban J connectivity index is 1.23. The number of hydrogen-bond donors (Lipinski definition) is 4. The van der Waals surface area contributed by atoms with Crippen molar-refractivity contribution in [2.75, 3.05) is 6.54 Å². The van der Waals surface area contributed by atoms with Gasteiger partial charge in [0.1, 0.15) is 6.10 Å². The number of rotatable bonds is 6. The maximum absolute atomic E-state index is 12.5. The first kappa shape index (κ1) is 20.6. The maximum atomic E-state index is 12.5. The monoisotopic (exact) mass is 414 g/mol. The number of aryl methyl sites for hydroxylation is 1. The second kappa shape index (κ2) is 9.01. The number of hydrazine groups is 1. The zero-order chi connectivity index (χ0) is 21.1. The number of benzene rings is 1. The van der Waals surface area contributed by atoms with Gasteiger partial charge in [-0.2, -0.15) is 5.10 Å². The molecule has 1 aliphatic carbocycles. The van der Waals surface area contributed by atoms with Gasteiger partial charge in [-0.3, -0.25) is 14.9 Å². The number of aromatic nitrogens is 2. The minimum atomic E-state index is -0.338. The summed E-state index contributed by atoms with van der Waals surface area (Å²) in [5.41, 5.74) is 8.53. The van der Waals surface area contributed by atoms with Crippen LogP contribution in [0, 0.1) is 5.92 Å². The molecule has 2 aromatic rings. The van der Waals surface area contributed by atoms with Gasteiger partial charge in [-0.05, 0) is 56.2 Å². The smallest absolute Gasteiger partial charge is 0.407 e. The molecular formula is C21H30N6O3. The van der Waals surface area contributed by atoms with Crippen LogP contribution in [0.3, 0.4) is 0 Å². The minimum Gasteiger partial charge on any atom is -0.446 e. The quantitative estimate of drug-likeness (QED) is 0.568. The molecule has 1 aromatic heterocycles. The van der Waals surface area contributed by atoms with Crippen LogP contribution >= 0.6 is 0 Å². The molecule has 0 spiro atoms. The Bertz CT molecular complexity index is 913. The van der Waals surface area contributed by atoms with Gasteiger partial charge in [-0.15, -0.1) is 0 Å². The molecule has 2 heterocycles. The van der Waals surface area contributed by atoms with Gasteiger partial charge in [0, 0.05) is 25.0 Å². The zero-order valence-corrected chi connectivity index (χ0v) is 17.5. The Kier molecular flexibility index (Phi) is 6.19. The SMILES string of the molecule is CCNC(=O)O[C@@H]1CC[C@H](C2CC(NC(=O)Cc3ccc4c(cnn4C)c3)NN2)C1. The van der Waals surface area contributed by atoms with Crippen LogP contribution in [0.2, 0.25) is 0 Å². The molecule has 4 N–H and O–H groups in total. The van der Waals surface area contributed by atoms with Gasteiger partial charge in [0.2, 0.25) is 5.91 Å². The van der Waals surface area contributed by atoms with E-state index in [1.807, 2.05) is 43.0 Å². The summed E-state index contributed by atoms with van der Waals surface area (Å²) in [4.78, 5) is 24.1. The zero-order valence-electron chi connectivity index (χ0n) is 17.5. The Hall–Kier alpha value is -2.65. The number of amides is 2. The van der Waals surface area contributed by atoms with Gasteiger partial charge in [-0.25, -0.2) is 10.2 Å². The van der Waals surface area contributed by atoms with Gasteiger partial charge in [0.25, 0.3) is 0 Å². The first-order chi connectivity index (χ1) is 14.5. The van der Waals surface area contributed by atoms with Crippen LogP contribution in [0.1, 0.15) is 38.2 Å². The number of alkyl carbamates (subject to hydrolysis) is 1. The Morgan fingerprint density at radius 1 is 1.27 bits per heavy atom. The third kappa shape index (κ3) is 4.73. The van der Waals surface area contributed by atoms with E-state index in [4.69, 9.17) is 4.74 Å². The summed E-state index contributed by atoms with van der Waals surface area (Å²) in [5.74, 6) is 0.411. The van der Waals surface area contributed by atoms with Crippen LogP contribution in [0.25, 0.3) is 10.9 Å². The Labute approximate surface area is 175 Å². The second-order valence-corrected chi connectivity index (χ2v) is 8.22. The predicted molar refractivity (Wildman–Crippen MR) is 112 cm³/mol. The third-order valence-corrected chi connectivity index (χ3v) is 6.03. The molecule has 9 nitrogen and oxygen atoms in total. The summed E-state index contributed by atoms with van der Waals surface area (Å²) in [6.07, 6.45) is 5.23. The van der Waals surface area contributed by atoms with Gasteiger partial charge in [0.05, 0.1) is 24.3 Å². The highest BCUT2D eigenvalue weighted by atomic mass is 16.6. The molecule has 0 radical (unpaired) electrons. The molecule has 30 heavy (non-hydrogen) atoms. The van der Waals surface area contributed by atoms with E-state index in [9.17, 15) is 9.59 Å². The Morgan fingerprint density at radius 3 is 2.97 bits per heavy atom. The van der Waals surface area contributed by atoms with Crippen LogP contribution in [0.4, 0.5) is 4.79 Å². The molecule has 9 heteroatoms. The van der Waals surface area contributed by atoms with Crippen molar-refractivity contribution in [2.45, 2.75) is 57.3 Å². The molecule has 162 valence electrons. The molecule has 2 aliphatic rings. The van der Waals surface area contributed by atoms with Crippen molar-refractivity contribution in [2.24, 2.45) is 13.0 Å². The maximum Gasteiger partial charge on any atom is 0.407 e. The number of carbonyl (C=O) groups excluding carboxylic acids is 2. The van der Waals surface area contributed by atoms with Gasteiger partial charge < -0.3 is 15.4 Å². The van der Waals surface area contributed by atoms with Gasteiger partial charge in [0.15, 0.2) is 0 Å². The molecule has 2 unspecified atom stereocenters. The summed E-state index contributed by atoms with van der Waals surface area (Å²) in [7, 11) is 1.91. The normalized spacial score (nSPS) is 26.1. The molecule has 1 saturated carbocycles. The summed E-state index contributed by atoms with van der Waals surface area (Å²) in [6, 6.07) is 6.23. The average molecular weight is 415 g/mol. The molecular weight excluding hydrogens is 384 g/mol. The highest BCUT2D eigenvalue weighted by Gasteiger charge is 2.37. The summed E-state index contributed by atoms with van der Waals surface area (Å²) in [6.45, 7) is 2.44. The van der Waals surface area contributed by atoms with Crippen molar-refractivity contribution >= 4 is 22.9 Å². The van der Waals surface area contributed by atoms with E-state index in [-0.39, 0.29) is 30.3 Å². The topological polar surface area (TPSA) is 109 Å². The molecule has 1 aromatic carbocycles. The first-order valence-electron chi connectivity index (χ1n) is 10.7. The molecule has 1 aliphatic heterocycles. The van der Waals surface area contributed by atoms with E-state index in [0.29, 0.717) is 18.9 Å². The van der Waals surface area contributed by atoms with E-state index in [2.05, 4.69) is 26.6 Å². The molecule has 4 rings (SSSR count). The first-order valence-corrected chi connectivity index (χ1v) is 10.7. The van der Waals surface area contributed by atoms with E-state index < -0.39 is 0 Å². The van der Waals surface area contributed by atoms with E-state index in [0.717, 1.165) is 42.1 Å². The fourth-order valence-corrected chi connectivity index (χ4v) is 4.52. The average Bonchev–Trinajstić information content (AvgIpc) is 3.43. The van der Waals surface area contributed by atoms with Crippen LogP contribution in [0.5, 0.6) is 0 Å². The number of hydrogen-bond acceptors (Lipinski definition) is 6. The fraction of sp³-hybridized carbons (Fsp3) is 0.571. The lowest BCUT2D eigenvalue weighted by Crippen LogP contribution is -2.45. The lowest BCUT2D eigenvalue weighted by molar-refractivity contribution is -0.121. The molecule has 0 bridgehead atoms. The summed E-state index contributed by atoms with van der Waals surface area (Å²) >= 11 is 0. The van der Waals surface area contributed by atoms with E-state index in [1.165, 1.54) is 0 Å². The largest absolute Gasteiger partial charge is 0.446 e. The highest BCUT2D eigenvalue weighted by Crippen LogP contribution is 2.32. The standard InChI is InChI=1S/C21H30N6O3/c1-3-22-21(29)30-16-6-5-14(10-16)17-11-19(26-25-17)24-20(28)9-13-4-7-18-15(8-13)12-23-27(18)2/h4,7-8,12,14,16-17,19,25-26H,3,5-6,9-11H2,1-2H3,(H,22,29)(H,24,28)/t14-,16+,17?,19?/m0/s1. The highest BCUT2D eigenvalue weighted by molar-refractivity contribution is 5.83. The number of fused-ring (bicyclic) bond motifs is 1. The summed E-state index contributed by atoms with van der Waals surface area (Å²) in [5, 5.41) is 11.0. The van der Waals surface area contributed by atoms with Crippen LogP contribution in [-0.2, 0) is 23.0 Å². The van der Waals surface area contributed by atoms with E-state index in [1.54, 1.807) is 0 Å². The van der Waals surface area contributed by atoms with Crippen molar-refractivity contribution in [1.29, 1.82) is 0 Å². The fourth-order valence-electron chi connectivity index (χ4n) is 4.52. The number of nitrogens with one attached hydrogen (secondary N) is 4. The van der Waals surface area contributed by atoms with Crippen molar-refractivity contribution < 1.29 is 14.3 Å². The lowest BCUT2D eigenvalue weighted by atomic mass is 9.96. The van der Waals surface area contributed by atoms with Crippen molar-refractivity contribution in [3.63, 3.8) is 0 Å². The van der Waals surface area contributed by atoms with E-state index >= 15 is 0 Å². The number of carbonyl (C=O) groups is 2. The van der Waals surface area contributed by atoms with Crippen LogP contribution < -0.4 is 21.5 Å². The predicted octanol–water partition coefficient (Wildman–Crippen LogP) is 1.34. The van der Waals surface area contributed by atoms with Crippen molar-refractivity contribution in [1.82, 2.24) is 31.3 Å².